The summed E-state index contributed by atoms with van der Waals surface area (Å²) >= 11 is 0. The van der Waals surface area contributed by atoms with Gasteiger partial charge in [0, 0.05) is 5.39 Å². The average molecular weight is 453 g/mol. The van der Waals surface area contributed by atoms with Gasteiger partial charge in [-0.05, 0) is 24.3 Å². The number of primary amides is 1. The molecular formula is C20H16FN7O5. The maximum absolute atomic E-state index is 13.8. The number of carbonyl (C=O) groups excluding carboxylic acids is 1. The Kier molecular flexibility index (Phi) is 4.74. The molecule has 0 aliphatic rings. The molecule has 1 aromatic carbocycles. The lowest BCUT2D eigenvalue weighted by Crippen LogP contribution is -2.24. The van der Waals surface area contributed by atoms with Gasteiger partial charge >= 0.3 is 0 Å². The topological polar surface area (TPSA) is 168 Å². The molecule has 168 valence electrons. The van der Waals surface area contributed by atoms with Crippen molar-refractivity contribution in [2.24, 2.45) is 5.73 Å². The van der Waals surface area contributed by atoms with Gasteiger partial charge in [0.1, 0.15) is 29.3 Å². The summed E-state index contributed by atoms with van der Waals surface area (Å²) in [6.45, 7) is 1.30. The third-order valence-corrected chi connectivity index (χ3v) is 5.09. The zero-order valence-corrected chi connectivity index (χ0v) is 17.1. The minimum atomic E-state index is -1.16. The highest BCUT2D eigenvalue weighted by Crippen LogP contribution is 2.26. The molecule has 0 radical (unpaired) electrons. The van der Waals surface area contributed by atoms with Gasteiger partial charge in [-0.25, -0.2) is 9.37 Å². The normalized spacial score (nSPS) is 12.6. The van der Waals surface area contributed by atoms with E-state index in [1.165, 1.54) is 30.0 Å². The van der Waals surface area contributed by atoms with E-state index in [0.717, 1.165) is 4.80 Å². The number of tetrazole rings is 1. The van der Waals surface area contributed by atoms with Crippen molar-refractivity contribution in [1.82, 2.24) is 29.8 Å². The molecule has 5 aromatic rings. The number of amides is 1. The number of aliphatic hydroxyl groups is 1. The van der Waals surface area contributed by atoms with Crippen LogP contribution in [0.2, 0.25) is 0 Å². The highest BCUT2D eigenvalue weighted by Gasteiger charge is 2.22. The van der Waals surface area contributed by atoms with E-state index in [1.807, 2.05) is 0 Å². The molecule has 0 spiro atoms. The van der Waals surface area contributed by atoms with Crippen molar-refractivity contribution in [3.63, 3.8) is 0 Å². The van der Waals surface area contributed by atoms with Gasteiger partial charge in [0.25, 0.3) is 11.5 Å². The zero-order valence-electron chi connectivity index (χ0n) is 17.1. The van der Waals surface area contributed by atoms with E-state index in [1.54, 1.807) is 12.1 Å². The van der Waals surface area contributed by atoms with Crippen molar-refractivity contribution in [2.75, 3.05) is 0 Å². The first-order chi connectivity index (χ1) is 15.8. The molecule has 33 heavy (non-hydrogen) atoms. The highest BCUT2D eigenvalue weighted by atomic mass is 19.1. The van der Waals surface area contributed by atoms with Gasteiger partial charge in [-0.2, -0.15) is 4.80 Å². The van der Waals surface area contributed by atoms with Crippen LogP contribution >= 0.6 is 0 Å². The Bertz CT molecular complexity index is 1580. The summed E-state index contributed by atoms with van der Waals surface area (Å²) in [6, 6.07) is 6.00. The van der Waals surface area contributed by atoms with Gasteiger partial charge in [-0.1, -0.05) is 12.1 Å². The number of aliphatic hydroxyl groups excluding tert-OH is 1. The summed E-state index contributed by atoms with van der Waals surface area (Å²) in [7, 11) is 0. The Balaban J connectivity index is 1.38. The summed E-state index contributed by atoms with van der Waals surface area (Å²) in [5.41, 5.74) is 4.83. The van der Waals surface area contributed by atoms with E-state index in [4.69, 9.17) is 14.6 Å². The summed E-state index contributed by atoms with van der Waals surface area (Å²) in [4.78, 5) is 29.7. The van der Waals surface area contributed by atoms with Gasteiger partial charge in [-0.15, -0.1) is 10.2 Å². The second-order valence-corrected chi connectivity index (χ2v) is 7.34. The number of fused-ring (bicyclic) bond motifs is 2. The van der Waals surface area contributed by atoms with E-state index in [2.05, 4.69) is 20.4 Å². The number of rotatable bonds is 6. The summed E-state index contributed by atoms with van der Waals surface area (Å²) in [5.74, 6) is -0.832. The van der Waals surface area contributed by atoms with E-state index < -0.39 is 23.4 Å². The molecule has 1 atom stereocenters. The van der Waals surface area contributed by atoms with E-state index >= 15 is 0 Å². The standard InChI is InChI=1S/C20H16FN7O5/c1-9-15(18(22)30)16-19(32-9)23-8-27(20(16)31)7-14-24-26-28(25-14)6-12(29)13-5-10-3-2-4-11(21)17(10)33-13/h2-5,8,12,29H,6-7H2,1H3,(H2,22,30)/t12-/m0/s1. The Labute approximate surface area is 183 Å². The molecule has 0 fully saturated rings. The third-order valence-electron chi connectivity index (χ3n) is 5.09. The minimum Gasteiger partial charge on any atom is -0.455 e. The maximum atomic E-state index is 13.8. The van der Waals surface area contributed by atoms with Crippen molar-refractivity contribution in [3.8, 4) is 0 Å². The number of furan rings is 2. The van der Waals surface area contributed by atoms with E-state index in [-0.39, 0.29) is 52.7 Å². The molecule has 3 N–H and O–H groups in total. The van der Waals surface area contributed by atoms with Crippen LogP contribution in [0, 0.1) is 12.7 Å². The van der Waals surface area contributed by atoms with E-state index in [0.29, 0.717) is 5.39 Å². The first kappa shape index (κ1) is 20.5. The molecule has 0 bridgehead atoms. The van der Waals surface area contributed by atoms with Gasteiger partial charge in [0.2, 0.25) is 5.71 Å². The molecule has 0 unspecified atom stereocenters. The van der Waals surface area contributed by atoms with Crippen LogP contribution < -0.4 is 11.3 Å². The van der Waals surface area contributed by atoms with Crippen molar-refractivity contribution in [2.45, 2.75) is 26.1 Å². The monoisotopic (exact) mass is 453 g/mol. The van der Waals surface area contributed by atoms with Crippen molar-refractivity contribution in [3.05, 3.63) is 69.7 Å². The second kappa shape index (κ2) is 7.63. The Hall–Kier alpha value is -4.39. The highest BCUT2D eigenvalue weighted by molar-refractivity contribution is 6.05. The number of carbonyl (C=O) groups is 1. The van der Waals surface area contributed by atoms with Crippen LogP contribution in [-0.2, 0) is 13.1 Å². The van der Waals surface area contributed by atoms with Crippen molar-refractivity contribution in [1.29, 1.82) is 0 Å². The van der Waals surface area contributed by atoms with Crippen LogP contribution in [0.5, 0.6) is 0 Å². The first-order valence-corrected chi connectivity index (χ1v) is 9.73. The number of nitrogens with zero attached hydrogens (tertiary/aromatic N) is 6. The fourth-order valence-electron chi connectivity index (χ4n) is 3.57. The van der Waals surface area contributed by atoms with Gasteiger partial charge in [0.15, 0.2) is 17.2 Å². The number of hydrogen-bond donors (Lipinski definition) is 2. The largest absolute Gasteiger partial charge is 0.455 e. The molecule has 12 nitrogen and oxygen atoms in total. The molecule has 0 aliphatic carbocycles. The summed E-state index contributed by atoms with van der Waals surface area (Å²) in [6.07, 6.45) is 0.0725. The van der Waals surface area contributed by atoms with Crippen molar-refractivity contribution >= 4 is 28.0 Å². The van der Waals surface area contributed by atoms with Crippen LogP contribution in [0.25, 0.3) is 22.1 Å². The van der Waals surface area contributed by atoms with Gasteiger partial charge in [-0.3, -0.25) is 14.2 Å². The summed E-state index contributed by atoms with van der Waals surface area (Å²) < 4.78 is 25.7. The molecule has 4 aromatic heterocycles. The number of para-hydroxylation sites is 1. The predicted molar refractivity (Wildman–Crippen MR) is 110 cm³/mol. The van der Waals surface area contributed by atoms with Crippen LogP contribution in [-0.4, -0.2) is 40.8 Å². The van der Waals surface area contributed by atoms with E-state index in [9.17, 15) is 19.1 Å². The number of hydrogen-bond acceptors (Lipinski definition) is 9. The summed E-state index contributed by atoms with van der Waals surface area (Å²) in [5, 5.41) is 22.8. The lowest BCUT2D eigenvalue weighted by atomic mass is 10.2. The van der Waals surface area contributed by atoms with Gasteiger partial charge in [0.05, 0.1) is 18.7 Å². The lowest BCUT2D eigenvalue weighted by molar-refractivity contribution is 0.1000. The molecule has 1 amide bonds. The predicted octanol–water partition coefficient (Wildman–Crippen LogP) is 1.05. The van der Waals surface area contributed by atoms with Crippen LogP contribution in [0.4, 0.5) is 4.39 Å². The quantitative estimate of drug-likeness (QED) is 0.382. The van der Waals surface area contributed by atoms with Crippen molar-refractivity contribution < 1.29 is 23.1 Å². The first-order valence-electron chi connectivity index (χ1n) is 9.73. The number of halogens is 1. The average Bonchev–Trinajstić information content (AvgIpc) is 3.47. The smallest absolute Gasteiger partial charge is 0.265 e. The van der Waals surface area contributed by atoms with Crippen LogP contribution in [0.3, 0.4) is 0 Å². The zero-order chi connectivity index (χ0) is 23.3. The number of benzene rings is 1. The number of aromatic nitrogens is 6. The SMILES string of the molecule is Cc1oc2ncn(Cc3nnn(C[C@H](O)c4cc5cccc(F)c5o4)n3)c(=O)c2c1C(N)=O. The fraction of sp³-hybridized carbons (Fsp3) is 0.200. The molecule has 5 rings (SSSR count). The molecule has 13 heteroatoms. The molecular weight excluding hydrogens is 437 g/mol. The number of nitrogens with two attached hydrogens (primary N) is 1. The lowest BCUT2D eigenvalue weighted by Gasteiger charge is -2.05. The van der Waals surface area contributed by atoms with Crippen LogP contribution in [0.1, 0.15) is 33.8 Å². The Morgan fingerprint density at radius 3 is 2.91 bits per heavy atom. The fourth-order valence-corrected chi connectivity index (χ4v) is 3.57. The third kappa shape index (κ3) is 3.53. The number of aryl methyl sites for hydroxylation is 1. The van der Waals surface area contributed by atoms with Gasteiger partial charge < -0.3 is 19.7 Å². The maximum Gasteiger partial charge on any atom is 0.265 e. The molecule has 0 saturated carbocycles. The second-order valence-electron chi connectivity index (χ2n) is 7.34. The van der Waals surface area contributed by atoms with Crippen LogP contribution in [0.15, 0.2) is 44.2 Å². The molecule has 4 heterocycles. The Morgan fingerprint density at radius 2 is 2.15 bits per heavy atom. The Morgan fingerprint density at radius 1 is 1.33 bits per heavy atom. The molecule has 0 saturated heterocycles. The molecule has 0 aliphatic heterocycles. The minimum absolute atomic E-state index is 0.00422.